The number of hydrogen-bond acceptors (Lipinski definition) is 2. The molecule has 2 aromatic carbocycles. The van der Waals surface area contributed by atoms with Gasteiger partial charge in [0, 0.05) is 26.2 Å². The molecular formula is C22H25ClN2O. The Balaban J connectivity index is 1.44. The first-order valence-electron chi connectivity index (χ1n) is 9.37. The summed E-state index contributed by atoms with van der Waals surface area (Å²) < 4.78 is 0. The second kappa shape index (κ2) is 6.62. The Morgan fingerprint density at radius 2 is 1.54 bits per heavy atom. The summed E-state index contributed by atoms with van der Waals surface area (Å²) in [4.78, 5) is 17.5. The molecule has 1 heterocycles. The zero-order valence-corrected chi connectivity index (χ0v) is 16.2. The summed E-state index contributed by atoms with van der Waals surface area (Å²) in [5.74, 6) is 0.302. The van der Waals surface area contributed by atoms with Crippen molar-refractivity contribution in [3.63, 3.8) is 0 Å². The summed E-state index contributed by atoms with van der Waals surface area (Å²) in [7, 11) is 0. The quantitative estimate of drug-likeness (QED) is 0.804. The topological polar surface area (TPSA) is 23.6 Å². The Hall–Kier alpha value is -2.00. The lowest BCUT2D eigenvalue weighted by Gasteiger charge is -2.38. The number of halogens is 1. The van der Waals surface area contributed by atoms with Crippen molar-refractivity contribution < 1.29 is 4.79 Å². The Morgan fingerprint density at radius 3 is 2.12 bits per heavy atom. The van der Waals surface area contributed by atoms with Gasteiger partial charge in [-0.15, -0.1) is 0 Å². The fraction of sp³-hybridized carbons (Fsp3) is 0.409. The Morgan fingerprint density at radius 1 is 0.923 bits per heavy atom. The van der Waals surface area contributed by atoms with Crippen LogP contribution in [-0.4, -0.2) is 37.0 Å². The van der Waals surface area contributed by atoms with E-state index in [0.29, 0.717) is 5.91 Å². The minimum Gasteiger partial charge on any atom is -0.367 e. The highest BCUT2D eigenvalue weighted by molar-refractivity contribution is 6.33. The zero-order chi connectivity index (χ0) is 18.3. The maximum absolute atomic E-state index is 13.2. The molecule has 0 aromatic heterocycles. The van der Waals surface area contributed by atoms with Gasteiger partial charge in [0.25, 0.3) is 0 Å². The van der Waals surface area contributed by atoms with Crippen LogP contribution in [0.4, 0.5) is 5.69 Å². The van der Waals surface area contributed by atoms with E-state index in [-0.39, 0.29) is 5.41 Å². The molecular weight excluding hydrogens is 344 g/mol. The highest BCUT2D eigenvalue weighted by Crippen LogP contribution is 2.49. The summed E-state index contributed by atoms with van der Waals surface area (Å²) in [6, 6.07) is 14.7. The number of carbonyl (C=O) groups excluding carboxylic acids is 1. The van der Waals surface area contributed by atoms with E-state index in [9.17, 15) is 4.79 Å². The molecule has 3 nitrogen and oxygen atoms in total. The van der Waals surface area contributed by atoms with Gasteiger partial charge in [0.1, 0.15) is 0 Å². The number of anilines is 1. The van der Waals surface area contributed by atoms with Crippen LogP contribution in [0.3, 0.4) is 0 Å². The van der Waals surface area contributed by atoms with Gasteiger partial charge in [-0.3, -0.25) is 4.79 Å². The molecule has 1 aliphatic heterocycles. The predicted octanol–water partition coefficient (Wildman–Crippen LogP) is 4.34. The van der Waals surface area contributed by atoms with Crippen LogP contribution in [0.1, 0.15) is 29.5 Å². The van der Waals surface area contributed by atoms with Crippen LogP contribution in [0.25, 0.3) is 0 Å². The van der Waals surface area contributed by atoms with Crippen molar-refractivity contribution in [2.75, 3.05) is 31.1 Å². The summed E-state index contributed by atoms with van der Waals surface area (Å²) in [5.41, 5.74) is 4.39. The van der Waals surface area contributed by atoms with Crippen molar-refractivity contribution >= 4 is 23.2 Å². The third-order valence-electron chi connectivity index (χ3n) is 5.77. The number of benzene rings is 2. The zero-order valence-electron chi connectivity index (χ0n) is 15.5. The van der Waals surface area contributed by atoms with Crippen molar-refractivity contribution in [1.82, 2.24) is 4.90 Å². The minimum atomic E-state index is -0.266. The molecule has 1 saturated carbocycles. The van der Waals surface area contributed by atoms with Crippen LogP contribution in [-0.2, 0) is 10.2 Å². The highest BCUT2D eigenvalue weighted by atomic mass is 35.5. The van der Waals surface area contributed by atoms with Crippen LogP contribution >= 0.6 is 11.6 Å². The third kappa shape index (κ3) is 3.09. The number of rotatable bonds is 3. The summed E-state index contributed by atoms with van der Waals surface area (Å²) >= 11 is 6.41. The van der Waals surface area contributed by atoms with Crippen molar-refractivity contribution in [2.24, 2.45) is 0 Å². The number of piperazine rings is 1. The molecule has 1 aliphatic carbocycles. The molecule has 1 amide bonds. The number of hydrogen-bond donors (Lipinski definition) is 0. The molecule has 0 radical (unpaired) electrons. The van der Waals surface area contributed by atoms with Gasteiger partial charge < -0.3 is 9.80 Å². The SMILES string of the molecule is Cc1ccc(C2(C(=O)N3CCN(c4ccc(C)cc4Cl)CC3)CC2)cc1. The first kappa shape index (κ1) is 17.4. The van der Waals surface area contributed by atoms with Gasteiger partial charge in [0.05, 0.1) is 16.1 Å². The molecule has 0 unspecified atom stereocenters. The highest BCUT2D eigenvalue weighted by Gasteiger charge is 2.53. The van der Waals surface area contributed by atoms with Gasteiger partial charge in [-0.05, 0) is 49.9 Å². The lowest BCUT2D eigenvalue weighted by molar-refractivity contribution is -0.134. The lowest BCUT2D eigenvalue weighted by atomic mass is 9.93. The third-order valence-corrected chi connectivity index (χ3v) is 6.08. The van der Waals surface area contributed by atoms with Crippen LogP contribution in [0, 0.1) is 13.8 Å². The minimum absolute atomic E-state index is 0.266. The van der Waals surface area contributed by atoms with E-state index >= 15 is 0 Å². The molecule has 4 rings (SSSR count). The van der Waals surface area contributed by atoms with Crippen molar-refractivity contribution in [2.45, 2.75) is 32.1 Å². The van der Waals surface area contributed by atoms with E-state index in [1.165, 1.54) is 16.7 Å². The Labute approximate surface area is 160 Å². The summed E-state index contributed by atoms with van der Waals surface area (Å²) in [5, 5.41) is 0.795. The van der Waals surface area contributed by atoms with Crippen molar-refractivity contribution in [1.29, 1.82) is 0 Å². The standard InChI is InChI=1S/C22H25ClN2O/c1-16-3-6-18(7-4-16)22(9-10-22)21(26)25-13-11-24(12-14-25)20-8-5-17(2)15-19(20)23/h3-8,15H,9-14H2,1-2H3. The second-order valence-electron chi connectivity index (χ2n) is 7.68. The molecule has 136 valence electrons. The van der Waals surface area contributed by atoms with E-state index in [2.05, 4.69) is 48.2 Å². The first-order valence-corrected chi connectivity index (χ1v) is 9.75. The largest absolute Gasteiger partial charge is 0.367 e. The normalized spacial score (nSPS) is 18.7. The van der Waals surface area contributed by atoms with Gasteiger partial charge in [0.2, 0.25) is 5.91 Å². The van der Waals surface area contributed by atoms with Gasteiger partial charge in [0.15, 0.2) is 0 Å². The average Bonchev–Trinajstić information content (AvgIpc) is 3.44. The molecule has 2 fully saturated rings. The van der Waals surface area contributed by atoms with E-state index in [4.69, 9.17) is 11.6 Å². The van der Waals surface area contributed by atoms with Gasteiger partial charge in [-0.2, -0.15) is 0 Å². The summed E-state index contributed by atoms with van der Waals surface area (Å²) in [6.07, 6.45) is 1.94. The van der Waals surface area contributed by atoms with Crippen LogP contribution < -0.4 is 4.90 Å². The number of amides is 1. The molecule has 0 atom stereocenters. The number of carbonyl (C=O) groups is 1. The van der Waals surface area contributed by atoms with Gasteiger partial charge in [-0.25, -0.2) is 0 Å². The molecule has 26 heavy (non-hydrogen) atoms. The van der Waals surface area contributed by atoms with Crippen LogP contribution in [0.2, 0.25) is 5.02 Å². The van der Waals surface area contributed by atoms with E-state index in [1.54, 1.807) is 0 Å². The number of aryl methyl sites for hydroxylation is 2. The fourth-order valence-corrected chi connectivity index (χ4v) is 4.30. The predicted molar refractivity (Wildman–Crippen MR) is 107 cm³/mol. The van der Waals surface area contributed by atoms with E-state index in [0.717, 1.165) is 49.7 Å². The molecule has 2 aliphatic rings. The molecule has 0 N–H and O–H groups in total. The lowest BCUT2D eigenvalue weighted by Crippen LogP contribution is -2.51. The smallest absolute Gasteiger partial charge is 0.233 e. The van der Waals surface area contributed by atoms with Crippen LogP contribution in [0.15, 0.2) is 42.5 Å². The monoisotopic (exact) mass is 368 g/mol. The average molecular weight is 369 g/mol. The Kier molecular flexibility index (Phi) is 4.44. The Bertz CT molecular complexity index is 819. The van der Waals surface area contributed by atoms with Crippen LogP contribution in [0.5, 0.6) is 0 Å². The number of nitrogens with zero attached hydrogens (tertiary/aromatic N) is 2. The van der Waals surface area contributed by atoms with Crippen molar-refractivity contribution in [3.8, 4) is 0 Å². The molecule has 0 spiro atoms. The second-order valence-corrected chi connectivity index (χ2v) is 8.09. The fourth-order valence-electron chi connectivity index (χ4n) is 3.95. The van der Waals surface area contributed by atoms with E-state index < -0.39 is 0 Å². The molecule has 1 saturated heterocycles. The van der Waals surface area contributed by atoms with E-state index in [1.807, 2.05) is 17.9 Å². The molecule has 0 bridgehead atoms. The molecule has 4 heteroatoms. The first-order chi connectivity index (χ1) is 12.5. The summed E-state index contributed by atoms with van der Waals surface area (Å²) in [6.45, 7) is 7.32. The maximum Gasteiger partial charge on any atom is 0.233 e. The molecule has 2 aromatic rings. The van der Waals surface area contributed by atoms with Gasteiger partial charge >= 0.3 is 0 Å². The maximum atomic E-state index is 13.2. The van der Waals surface area contributed by atoms with Crippen molar-refractivity contribution in [3.05, 3.63) is 64.2 Å². The van der Waals surface area contributed by atoms with Gasteiger partial charge in [-0.1, -0.05) is 47.5 Å².